The van der Waals surface area contributed by atoms with Gasteiger partial charge in [0.2, 0.25) is 10.0 Å². The number of nitrogens with one attached hydrogen (secondary N) is 2. The molecule has 13 heavy (non-hydrogen) atoms. The summed E-state index contributed by atoms with van der Waals surface area (Å²) in [4.78, 5) is 0.134. The molecule has 0 bridgehead atoms. The summed E-state index contributed by atoms with van der Waals surface area (Å²) in [5.41, 5.74) is 1.33. The van der Waals surface area contributed by atoms with Crippen molar-refractivity contribution in [2.45, 2.75) is 4.90 Å². The van der Waals surface area contributed by atoms with Crippen LogP contribution in [0, 0.1) is 0 Å². The van der Waals surface area contributed by atoms with Gasteiger partial charge in [-0.3, -0.25) is 0 Å². The van der Waals surface area contributed by atoms with E-state index < -0.39 is 10.0 Å². The van der Waals surface area contributed by atoms with Crippen LogP contribution in [-0.4, -0.2) is 15.1 Å². The first kappa shape index (κ1) is 8.33. The number of nitrogens with two attached hydrogens (primary N) is 1. The number of hydrogen-bond acceptors (Lipinski definition) is 4. The number of sulfonamides is 1. The van der Waals surface area contributed by atoms with Crippen LogP contribution in [0.1, 0.15) is 0 Å². The summed E-state index contributed by atoms with van der Waals surface area (Å²) in [5, 5.41) is 10.9. The lowest BCUT2D eigenvalue weighted by Gasteiger charge is -2.04. The Labute approximate surface area is 76.0 Å². The van der Waals surface area contributed by atoms with Crippen molar-refractivity contribution in [2.24, 2.45) is 5.14 Å². The fourth-order valence-electron chi connectivity index (χ4n) is 1.33. The maximum Gasteiger partial charge on any atom is 0.240 e. The molecule has 1 aromatic rings. The summed E-state index contributed by atoms with van der Waals surface area (Å²) < 4.78 is 22.2. The molecule has 1 aromatic carbocycles. The molecule has 1 heterocycles. The Morgan fingerprint density at radius 2 is 2.08 bits per heavy atom. The van der Waals surface area contributed by atoms with Gasteiger partial charge in [0.25, 0.3) is 0 Å². The quantitative estimate of drug-likeness (QED) is 0.600. The molecule has 0 atom stereocenters. The molecule has 0 spiro atoms. The van der Waals surface area contributed by atoms with Crippen molar-refractivity contribution < 1.29 is 8.42 Å². The summed E-state index contributed by atoms with van der Waals surface area (Å²) in [5.74, 6) is 0. The van der Waals surface area contributed by atoms with E-state index in [1.165, 1.54) is 6.07 Å². The molecule has 5 nitrogen and oxygen atoms in total. The topological polar surface area (TPSA) is 84.2 Å². The van der Waals surface area contributed by atoms with E-state index in [4.69, 9.17) is 5.14 Å². The van der Waals surface area contributed by atoms with E-state index in [-0.39, 0.29) is 4.90 Å². The lowest BCUT2D eigenvalue weighted by molar-refractivity contribution is 0.598. The van der Waals surface area contributed by atoms with Crippen LogP contribution in [-0.2, 0) is 10.0 Å². The fourth-order valence-corrected chi connectivity index (χ4v) is 2.06. The van der Waals surface area contributed by atoms with Crippen LogP contribution in [0.3, 0.4) is 0 Å². The number of hydrogen-bond donors (Lipinski definition) is 3. The summed E-state index contributed by atoms with van der Waals surface area (Å²) in [6, 6.07) is 4.93. The summed E-state index contributed by atoms with van der Waals surface area (Å²) >= 11 is 0. The smallest absolute Gasteiger partial charge is 0.240 e. The first-order valence-corrected chi connectivity index (χ1v) is 5.27. The minimum absolute atomic E-state index is 0.134. The molecule has 1 aliphatic rings. The molecule has 0 saturated carbocycles. The Morgan fingerprint density at radius 3 is 2.77 bits per heavy atom. The third-order valence-electron chi connectivity index (χ3n) is 1.88. The summed E-state index contributed by atoms with van der Waals surface area (Å²) in [7, 11) is -3.63. The maximum absolute atomic E-state index is 11.1. The van der Waals surface area contributed by atoms with E-state index in [0.29, 0.717) is 12.4 Å². The van der Waals surface area contributed by atoms with Crippen molar-refractivity contribution in [1.29, 1.82) is 0 Å². The zero-order valence-corrected chi connectivity index (χ0v) is 7.56. The molecule has 0 fully saturated rings. The number of rotatable bonds is 1. The van der Waals surface area contributed by atoms with Gasteiger partial charge in [-0.15, -0.1) is 0 Å². The molecule has 6 heteroatoms. The van der Waals surface area contributed by atoms with Crippen LogP contribution in [0.4, 0.5) is 11.4 Å². The molecule has 0 saturated heterocycles. The van der Waals surface area contributed by atoms with Gasteiger partial charge in [-0.2, -0.15) is 0 Å². The number of benzene rings is 1. The molecular formula is C7H9N3O2S. The van der Waals surface area contributed by atoms with Crippen molar-refractivity contribution in [3.63, 3.8) is 0 Å². The first-order chi connectivity index (χ1) is 6.09. The molecule has 0 aliphatic carbocycles. The molecule has 70 valence electrons. The number of primary sulfonamides is 1. The van der Waals surface area contributed by atoms with Crippen LogP contribution >= 0.6 is 0 Å². The Kier molecular flexibility index (Phi) is 1.67. The number of fused-ring (bicyclic) bond motifs is 1. The van der Waals surface area contributed by atoms with Crippen LogP contribution in [0.2, 0.25) is 0 Å². The zero-order chi connectivity index (χ0) is 9.47. The normalized spacial score (nSPS) is 14.5. The minimum atomic E-state index is -3.63. The van der Waals surface area contributed by atoms with Gasteiger partial charge < -0.3 is 10.6 Å². The second kappa shape index (κ2) is 2.61. The second-order valence-electron chi connectivity index (χ2n) is 2.75. The van der Waals surface area contributed by atoms with Crippen molar-refractivity contribution in [2.75, 3.05) is 17.3 Å². The first-order valence-electron chi connectivity index (χ1n) is 3.72. The average Bonchev–Trinajstić information content (AvgIpc) is 2.48. The molecule has 1 aliphatic heterocycles. The highest BCUT2D eigenvalue weighted by molar-refractivity contribution is 7.89. The van der Waals surface area contributed by atoms with Gasteiger partial charge in [0.05, 0.1) is 18.0 Å². The van der Waals surface area contributed by atoms with Crippen molar-refractivity contribution >= 4 is 21.4 Å². The van der Waals surface area contributed by atoms with Gasteiger partial charge in [-0.1, -0.05) is 6.07 Å². The van der Waals surface area contributed by atoms with Gasteiger partial charge in [0.1, 0.15) is 4.90 Å². The standard InChI is InChI=1S/C7H9N3O2S/c8-13(11,12)6-3-1-2-5-7(6)10-4-9-5/h1-3,9-10H,4H2,(H2,8,11,12). The van der Waals surface area contributed by atoms with Gasteiger partial charge in [0, 0.05) is 0 Å². The largest absolute Gasteiger partial charge is 0.366 e. The maximum atomic E-state index is 11.1. The zero-order valence-electron chi connectivity index (χ0n) is 6.74. The van der Waals surface area contributed by atoms with Crippen LogP contribution in [0.15, 0.2) is 23.1 Å². The lowest BCUT2D eigenvalue weighted by Crippen LogP contribution is -2.13. The SMILES string of the molecule is NS(=O)(=O)c1cccc2c1NCN2. The van der Waals surface area contributed by atoms with Crippen LogP contribution in [0.25, 0.3) is 0 Å². The predicted molar refractivity (Wildman–Crippen MR) is 49.9 cm³/mol. The van der Waals surface area contributed by atoms with Gasteiger partial charge in [-0.25, -0.2) is 13.6 Å². The fraction of sp³-hybridized carbons (Fsp3) is 0.143. The Balaban J connectivity index is 2.67. The van der Waals surface area contributed by atoms with E-state index in [1.54, 1.807) is 12.1 Å². The Hall–Kier alpha value is -1.27. The molecule has 0 aromatic heterocycles. The van der Waals surface area contributed by atoms with Crippen molar-refractivity contribution in [3.8, 4) is 0 Å². The van der Waals surface area contributed by atoms with E-state index in [9.17, 15) is 8.42 Å². The van der Waals surface area contributed by atoms with E-state index in [1.807, 2.05) is 0 Å². The molecule has 4 N–H and O–H groups in total. The van der Waals surface area contributed by atoms with E-state index >= 15 is 0 Å². The van der Waals surface area contributed by atoms with E-state index in [2.05, 4.69) is 10.6 Å². The number of anilines is 2. The van der Waals surface area contributed by atoms with Gasteiger partial charge in [0.15, 0.2) is 0 Å². The lowest BCUT2D eigenvalue weighted by atomic mass is 10.3. The number of para-hydroxylation sites is 1. The molecule has 0 unspecified atom stereocenters. The average molecular weight is 199 g/mol. The highest BCUT2D eigenvalue weighted by Crippen LogP contribution is 2.31. The molecule has 0 amide bonds. The highest BCUT2D eigenvalue weighted by atomic mass is 32.2. The Morgan fingerprint density at radius 1 is 1.31 bits per heavy atom. The summed E-state index contributed by atoms with van der Waals surface area (Å²) in [6.07, 6.45) is 0. The Bertz CT molecular complexity index is 441. The van der Waals surface area contributed by atoms with Crippen LogP contribution in [0.5, 0.6) is 0 Å². The van der Waals surface area contributed by atoms with Gasteiger partial charge >= 0.3 is 0 Å². The molecule has 0 radical (unpaired) electrons. The summed E-state index contributed by atoms with van der Waals surface area (Å²) in [6.45, 7) is 0.530. The molecular weight excluding hydrogens is 190 g/mol. The third kappa shape index (κ3) is 1.34. The van der Waals surface area contributed by atoms with Crippen LogP contribution < -0.4 is 15.8 Å². The minimum Gasteiger partial charge on any atom is -0.366 e. The second-order valence-corrected chi connectivity index (χ2v) is 4.28. The molecule has 2 rings (SSSR count). The third-order valence-corrected chi connectivity index (χ3v) is 2.83. The van der Waals surface area contributed by atoms with Crippen molar-refractivity contribution in [1.82, 2.24) is 0 Å². The predicted octanol–water partition coefficient (Wildman–Crippen LogP) is 0.129. The van der Waals surface area contributed by atoms with Crippen molar-refractivity contribution in [3.05, 3.63) is 18.2 Å². The highest BCUT2D eigenvalue weighted by Gasteiger charge is 2.19. The van der Waals surface area contributed by atoms with E-state index in [0.717, 1.165) is 5.69 Å². The monoisotopic (exact) mass is 199 g/mol. The van der Waals surface area contributed by atoms with Gasteiger partial charge in [-0.05, 0) is 12.1 Å².